The number of nitrogen functional groups attached to an aromatic ring is 1. The Kier molecular flexibility index (Phi) is 3.69. The Morgan fingerprint density at radius 1 is 1.38 bits per heavy atom. The van der Waals surface area contributed by atoms with E-state index in [9.17, 15) is 10.2 Å². The van der Waals surface area contributed by atoms with Crippen LogP contribution in [0.5, 0.6) is 0 Å². The average molecular weight is 296 g/mol. The summed E-state index contributed by atoms with van der Waals surface area (Å²) in [6.45, 7) is 0.0922. The first-order chi connectivity index (χ1) is 10.1. The number of imidazole rings is 1. The van der Waals surface area contributed by atoms with Crippen molar-refractivity contribution in [3.63, 3.8) is 0 Å². The molecule has 2 aromatic heterocycles. The molecule has 0 radical (unpaired) electrons. The summed E-state index contributed by atoms with van der Waals surface area (Å²) in [5.41, 5.74) is 9.04. The Hall–Kier alpha value is -1.85. The SMILES string of the molecule is CNOC[C@H]1O[C@@H](n2cnc3c(N)ncnc32)[C@H](O)[C@@H]1O. The Morgan fingerprint density at radius 2 is 2.19 bits per heavy atom. The van der Waals surface area contributed by atoms with Crippen LogP contribution in [-0.4, -0.2) is 61.7 Å². The number of nitrogens with two attached hydrogens (primary N) is 1. The third kappa shape index (κ3) is 2.32. The molecule has 0 aliphatic carbocycles. The van der Waals surface area contributed by atoms with Crippen LogP contribution in [0, 0.1) is 0 Å². The summed E-state index contributed by atoms with van der Waals surface area (Å²) in [6.07, 6.45) is -0.977. The molecule has 0 bridgehead atoms. The molecule has 0 saturated carbocycles. The fraction of sp³-hybridized carbons (Fsp3) is 0.545. The van der Waals surface area contributed by atoms with Gasteiger partial charge in [0.15, 0.2) is 17.7 Å². The zero-order valence-electron chi connectivity index (χ0n) is 11.2. The van der Waals surface area contributed by atoms with E-state index >= 15 is 0 Å². The first-order valence-corrected chi connectivity index (χ1v) is 6.36. The molecule has 10 nitrogen and oxygen atoms in total. The molecule has 1 aliphatic rings. The number of hydroxylamine groups is 1. The number of anilines is 1. The molecule has 21 heavy (non-hydrogen) atoms. The van der Waals surface area contributed by atoms with Gasteiger partial charge in [-0.25, -0.2) is 20.4 Å². The van der Waals surface area contributed by atoms with Crippen LogP contribution < -0.4 is 11.2 Å². The van der Waals surface area contributed by atoms with Gasteiger partial charge in [-0.05, 0) is 0 Å². The lowest BCUT2D eigenvalue weighted by Gasteiger charge is -2.16. The van der Waals surface area contributed by atoms with Crippen molar-refractivity contribution in [3.05, 3.63) is 12.7 Å². The van der Waals surface area contributed by atoms with Gasteiger partial charge in [0, 0.05) is 7.05 Å². The molecule has 1 aliphatic heterocycles. The van der Waals surface area contributed by atoms with E-state index in [1.54, 1.807) is 7.05 Å². The number of rotatable bonds is 4. The Morgan fingerprint density at radius 3 is 2.95 bits per heavy atom. The molecule has 0 amide bonds. The molecule has 4 atom stereocenters. The highest BCUT2D eigenvalue weighted by Crippen LogP contribution is 2.31. The van der Waals surface area contributed by atoms with Crippen LogP contribution in [0.3, 0.4) is 0 Å². The third-order valence-corrected chi connectivity index (χ3v) is 3.39. The van der Waals surface area contributed by atoms with E-state index in [-0.39, 0.29) is 12.4 Å². The molecular formula is C11H16N6O4. The van der Waals surface area contributed by atoms with E-state index in [1.807, 2.05) is 0 Å². The zero-order chi connectivity index (χ0) is 15.0. The highest BCUT2D eigenvalue weighted by atomic mass is 16.7. The lowest BCUT2D eigenvalue weighted by molar-refractivity contribution is -0.0819. The topological polar surface area (TPSA) is 141 Å². The van der Waals surface area contributed by atoms with Crippen LogP contribution in [0.1, 0.15) is 6.23 Å². The maximum absolute atomic E-state index is 10.2. The minimum absolute atomic E-state index is 0.0922. The standard InChI is InChI=1S/C11H16N6O4/c1-13-20-2-5-7(18)8(19)11(21-5)17-4-16-6-9(12)14-3-15-10(6)17/h3-5,7-8,11,13,18-19H,2H2,1H3,(H2,12,14,15)/t5-,7-,8-,11-/m1/s1. The van der Waals surface area contributed by atoms with Crippen molar-refractivity contribution in [1.82, 2.24) is 25.0 Å². The molecule has 2 aromatic rings. The number of hydrogen-bond acceptors (Lipinski definition) is 9. The van der Waals surface area contributed by atoms with Crippen molar-refractivity contribution < 1.29 is 19.8 Å². The fourth-order valence-electron chi connectivity index (χ4n) is 2.32. The number of aliphatic hydroxyl groups excluding tert-OH is 2. The lowest BCUT2D eigenvalue weighted by Crippen LogP contribution is -2.34. The van der Waals surface area contributed by atoms with E-state index in [1.165, 1.54) is 17.2 Å². The van der Waals surface area contributed by atoms with Crippen molar-refractivity contribution in [2.45, 2.75) is 24.5 Å². The van der Waals surface area contributed by atoms with Gasteiger partial charge in [-0.2, -0.15) is 0 Å². The summed E-state index contributed by atoms with van der Waals surface area (Å²) in [5.74, 6) is 0.238. The molecule has 0 unspecified atom stereocenters. The fourth-order valence-corrected chi connectivity index (χ4v) is 2.32. The van der Waals surface area contributed by atoms with Crippen LogP contribution >= 0.6 is 0 Å². The van der Waals surface area contributed by atoms with E-state index in [4.69, 9.17) is 15.3 Å². The maximum Gasteiger partial charge on any atom is 0.167 e. The molecular weight excluding hydrogens is 280 g/mol. The molecule has 0 spiro atoms. The van der Waals surface area contributed by atoms with E-state index in [0.717, 1.165) is 0 Å². The van der Waals surface area contributed by atoms with Gasteiger partial charge in [-0.3, -0.25) is 9.40 Å². The molecule has 10 heteroatoms. The summed E-state index contributed by atoms with van der Waals surface area (Å²) in [5, 5.41) is 20.2. The second-order valence-electron chi connectivity index (χ2n) is 4.64. The van der Waals surface area contributed by atoms with Crippen molar-refractivity contribution in [3.8, 4) is 0 Å². The average Bonchev–Trinajstić information content (AvgIpc) is 3.02. The van der Waals surface area contributed by atoms with Crippen LogP contribution in [0.15, 0.2) is 12.7 Å². The molecule has 5 N–H and O–H groups in total. The predicted octanol–water partition coefficient (Wildman–Crippen LogP) is -1.82. The number of ether oxygens (including phenoxy) is 1. The van der Waals surface area contributed by atoms with Gasteiger partial charge in [0.2, 0.25) is 0 Å². The second kappa shape index (κ2) is 5.50. The number of aliphatic hydroxyl groups is 2. The van der Waals surface area contributed by atoms with E-state index in [0.29, 0.717) is 11.2 Å². The van der Waals surface area contributed by atoms with Gasteiger partial charge in [-0.15, -0.1) is 0 Å². The number of fused-ring (bicyclic) bond motifs is 1. The minimum Gasteiger partial charge on any atom is -0.387 e. The van der Waals surface area contributed by atoms with Crippen molar-refractivity contribution in [1.29, 1.82) is 0 Å². The number of aromatic nitrogens is 4. The van der Waals surface area contributed by atoms with Crippen LogP contribution in [0.4, 0.5) is 5.82 Å². The van der Waals surface area contributed by atoms with Gasteiger partial charge >= 0.3 is 0 Å². The normalized spacial score (nSPS) is 29.3. The van der Waals surface area contributed by atoms with Gasteiger partial charge < -0.3 is 20.7 Å². The Labute approximate surface area is 119 Å². The van der Waals surface area contributed by atoms with Crippen LogP contribution in [0.25, 0.3) is 11.2 Å². The zero-order valence-corrected chi connectivity index (χ0v) is 11.2. The van der Waals surface area contributed by atoms with Crippen molar-refractivity contribution in [2.75, 3.05) is 19.4 Å². The highest BCUT2D eigenvalue weighted by molar-refractivity contribution is 5.81. The molecule has 3 rings (SSSR count). The van der Waals surface area contributed by atoms with Gasteiger partial charge in [-0.1, -0.05) is 0 Å². The van der Waals surface area contributed by atoms with Gasteiger partial charge in [0.1, 0.15) is 30.2 Å². The number of hydrogen-bond donors (Lipinski definition) is 4. The summed E-state index contributed by atoms with van der Waals surface area (Å²) in [4.78, 5) is 17.0. The summed E-state index contributed by atoms with van der Waals surface area (Å²) >= 11 is 0. The molecule has 1 fully saturated rings. The highest BCUT2D eigenvalue weighted by Gasteiger charge is 2.44. The smallest absolute Gasteiger partial charge is 0.167 e. The molecule has 114 valence electrons. The summed E-state index contributed by atoms with van der Waals surface area (Å²) in [6, 6.07) is 0. The summed E-state index contributed by atoms with van der Waals surface area (Å²) in [7, 11) is 1.60. The lowest BCUT2D eigenvalue weighted by atomic mass is 10.1. The molecule has 3 heterocycles. The van der Waals surface area contributed by atoms with Crippen molar-refractivity contribution in [2.24, 2.45) is 0 Å². The Balaban J connectivity index is 1.90. The van der Waals surface area contributed by atoms with Crippen LogP contribution in [-0.2, 0) is 9.57 Å². The monoisotopic (exact) mass is 296 g/mol. The largest absolute Gasteiger partial charge is 0.387 e. The second-order valence-corrected chi connectivity index (χ2v) is 4.64. The number of nitrogens with one attached hydrogen (secondary N) is 1. The Bertz CT molecular complexity index is 634. The van der Waals surface area contributed by atoms with E-state index < -0.39 is 24.5 Å². The first kappa shape index (κ1) is 14.1. The maximum atomic E-state index is 10.2. The van der Waals surface area contributed by atoms with Crippen LogP contribution in [0.2, 0.25) is 0 Å². The van der Waals surface area contributed by atoms with E-state index in [2.05, 4.69) is 20.4 Å². The first-order valence-electron chi connectivity index (χ1n) is 6.36. The quantitative estimate of drug-likeness (QED) is 0.480. The van der Waals surface area contributed by atoms with Gasteiger partial charge in [0.25, 0.3) is 0 Å². The third-order valence-electron chi connectivity index (χ3n) is 3.39. The molecule has 0 aromatic carbocycles. The van der Waals surface area contributed by atoms with Gasteiger partial charge in [0.05, 0.1) is 12.9 Å². The number of nitrogens with zero attached hydrogens (tertiary/aromatic N) is 4. The predicted molar refractivity (Wildman–Crippen MR) is 70.7 cm³/mol. The molecule has 1 saturated heterocycles. The summed E-state index contributed by atoms with van der Waals surface area (Å²) < 4.78 is 7.15. The van der Waals surface area contributed by atoms with Crippen molar-refractivity contribution >= 4 is 17.0 Å². The minimum atomic E-state index is -1.14.